The van der Waals surface area contributed by atoms with E-state index < -0.39 is 54.1 Å². The highest BCUT2D eigenvalue weighted by molar-refractivity contribution is 8.01. The SMILES string of the molecule is CO/N=C(\C(=O)NC1C(=O)N2C(C(=O)OCOC(=O)[C@@H]3CCCN3C(=O)OCc3ccccc3)=C(CSc3nc(C)ns3)CS[C@H]12)c1csc(NC=O)n1. The number of nitrogens with zero attached hydrogens (tertiary/aromatic N) is 6. The Morgan fingerprint density at radius 1 is 1.13 bits per heavy atom. The van der Waals surface area contributed by atoms with Gasteiger partial charge in [0.1, 0.15) is 48.4 Å². The lowest BCUT2D eigenvalue weighted by Crippen LogP contribution is -2.71. The molecule has 0 saturated carbocycles. The molecule has 2 fully saturated rings. The zero-order chi connectivity index (χ0) is 38.2. The van der Waals surface area contributed by atoms with Gasteiger partial charge in [-0.3, -0.25) is 24.2 Å². The lowest BCUT2D eigenvalue weighted by molar-refractivity contribution is -0.170. The standard InChI is InChI=1S/C32H32N8O10S4/c1-17-34-31(54-38-17)53-13-19-12-51-27-23(36-25(42)22(37-47-2)20-14-52-30(35-20)33-15-41)26(43)40(27)24(19)29(45)50-16-49-28(44)21-9-6-10-39(21)32(46)48-11-18-7-4-3-5-8-18/h3-5,7-8,14-15,21,23,27H,6,9-13,16H2,1-2H3,(H,36,42)(H,33,35,41)/b37-22-/t21-,23?,27+/m0/s1. The third kappa shape index (κ3) is 8.83. The van der Waals surface area contributed by atoms with E-state index in [9.17, 15) is 28.8 Å². The second-order valence-corrected chi connectivity index (χ2v) is 15.5. The fraction of sp³-hybridized carbons (Fsp3) is 0.375. The van der Waals surface area contributed by atoms with Gasteiger partial charge in [-0.05, 0) is 42.4 Å². The van der Waals surface area contributed by atoms with E-state index in [0.717, 1.165) is 16.9 Å². The number of benzene rings is 1. The van der Waals surface area contributed by atoms with Crippen LogP contribution in [0.25, 0.3) is 0 Å². The number of hydrogen-bond donors (Lipinski definition) is 2. The van der Waals surface area contributed by atoms with Crippen molar-refractivity contribution in [1.29, 1.82) is 0 Å². The van der Waals surface area contributed by atoms with Crippen molar-refractivity contribution in [2.24, 2.45) is 5.16 Å². The van der Waals surface area contributed by atoms with Crippen molar-refractivity contribution in [3.05, 3.63) is 64.1 Å². The third-order valence-corrected chi connectivity index (χ3v) is 12.2. The molecule has 4 amide bonds. The highest BCUT2D eigenvalue weighted by Gasteiger charge is 2.55. The summed E-state index contributed by atoms with van der Waals surface area (Å²) in [6.45, 7) is 1.32. The average Bonchev–Trinajstić information content (AvgIpc) is 3.96. The van der Waals surface area contributed by atoms with Crippen LogP contribution in [0.15, 0.2) is 56.5 Å². The molecule has 22 heteroatoms. The number of rotatable bonds is 15. The number of thioether (sulfide) groups is 2. The number of aryl methyl sites for hydroxylation is 1. The van der Waals surface area contributed by atoms with Crippen LogP contribution in [0.2, 0.25) is 0 Å². The number of fused-ring (bicyclic) bond motifs is 1. The lowest BCUT2D eigenvalue weighted by atomic mass is 10.0. The largest absolute Gasteiger partial charge is 0.445 e. The predicted octanol–water partition coefficient (Wildman–Crippen LogP) is 2.51. The first kappa shape index (κ1) is 38.7. The molecule has 3 aliphatic rings. The zero-order valence-electron chi connectivity index (χ0n) is 28.6. The van der Waals surface area contributed by atoms with Crippen LogP contribution in [0.4, 0.5) is 9.93 Å². The van der Waals surface area contributed by atoms with E-state index in [4.69, 9.17) is 19.0 Å². The van der Waals surface area contributed by atoms with Crippen LogP contribution in [0.5, 0.6) is 0 Å². The minimum absolute atomic E-state index is 0.0394. The summed E-state index contributed by atoms with van der Waals surface area (Å²) in [5.74, 6) is -1.88. The number of thiazole rings is 1. The van der Waals surface area contributed by atoms with Crippen molar-refractivity contribution in [3.8, 4) is 0 Å². The van der Waals surface area contributed by atoms with Crippen LogP contribution in [0.1, 0.15) is 29.9 Å². The molecule has 1 unspecified atom stereocenters. The van der Waals surface area contributed by atoms with E-state index in [-0.39, 0.29) is 34.6 Å². The minimum Gasteiger partial charge on any atom is -0.445 e. The molecule has 6 rings (SSSR count). The van der Waals surface area contributed by atoms with E-state index in [1.807, 2.05) is 30.3 Å². The number of carbonyl (C=O) groups is 6. The summed E-state index contributed by atoms with van der Waals surface area (Å²) in [5.41, 5.74) is 1.19. The zero-order valence-corrected chi connectivity index (χ0v) is 31.9. The molecule has 3 aromatic rings. The van der Waals surface area contributed by atoms with E-state index in [0.29, 0.717) is 47.3 Å². The molecular formula is C32H32N8O10S4. The monoisotopic (exact) mass is 816 g/mol. The molecule has 3 aliphatic heterocycles. The van der Waals surface area contributed by atoms with Gasteiger partial charge in [0.15, 0.2) is 15.2 Å². The van der Waals surface area contributed by atoms with Gasteiger partial charge in [0.25, 0.3) is 11.8 Å². The number of esters is 2. The topological polar surface area (TPSA) is 221 Å². The van der Waals surface area contributed by atoms with Gasteiger partial charge < -0.3 is 29.7 Å². The molecule has 2 saturated heterocycles. The molecule has 18 nitrogen and oxygen atoms in total. The summed E-state index contributed by atoms with van der Waals surface area (Å²) < 4.78 is 20.9. The Hall–Kier alpha value is -5.06. The van der Waals surface area contributed by atoms with E-state index in [1.165, 1.54) is 57.3 Å². The number of β-lactam (4-membered cyclic amide) rings is 1. The fourth-order valence-electron chi connectivity index (χ4n) is 5.61. The number of aromatic nitrogens is 3. The highest BCUT2D eigenvalue weighted by atomic mass is 32.2. The predicted molar refractivity (Wildman–Crippen MR) is 196 cm³/mol. The summed E-state index contributed by atoms with van der Waals surface area (Å²) in [6.07, 6.45) is 0.672. The van der Waals surface area contributed by atoms with Gasteiger partial charge in [-0.25, -0.2) is 24.4 Å². The normalized spacial score (nSPS) is 19.4. The number of likely N-dealkylation sites (tertiary alicyclic amines) is 1. The Morgan fingerprint density at radius 3 is 2.69 bits per heavy atom. The summed E-state index contributed by atoms with van der Waals surface area (Å²) in [7, 11) is 1.24. The maximum Gasteiger partial charge on any atom is 0.410 e. The quantitative estimate of drug-likeness (QED) is 0.0428. The Kier molecular flexibility index (Phi) is 12.8. The lowest BCUT2D eigenvalue weighted by Gasteiger charge is -2.49. The van der Waals surface area contributed by atoms with Gasteiger partial charge in [-0.1, -0.05) is 47.2 Å². The molecule has 284 valence electrons. The molecule has 3 atom stereocenters. The molecule has 0 bridgehead atoms. The summed E-state index contributed by atoms with van der Waals surface area (Å²) in [5, 5.41) is 9.83. The van der Waals surface area contributed by atoms with Gasteiger partial charge in [0.05, 0.1) is 0 Å². The summed E-state index contributed by atoms with van der Waals surface area (Å²) in [4.78, 5) is 93.1. The van der Waals surface area contributed by atoms with E-state index >= 15 is 0 Å². The van der Waals surface area contributed by atoms with Gasteiger partial charge in [0.2, 0.25) is 13.2 Å². The van der Waals surface area contributed by atoms with Crippen LogP contribution < -0.4 is 10.6 Å². The summed E-state index contributed by atoms with van der Waals surface area (Å²) >= 11 is 4.92. The number of nitrogens with one attached hydrogen (secondary N) is 2. The molecule has 0 radical (unpaired) electrons. The Labute approximate surface area is 324 Å². The van der Waals surface area contributed by atoms with Gasteiger partial charge in [-0.2, -0.15) is 4.37 Å². The van der Waals surface area contributed by atoms with Gasteiger partial charge in [-0.15, -0.1) is 23.1 Å². The number of oxime groups is 1. The highest BCUT2D eigenvalue weighted by Crippen LogP contribution is 2.42. The first-order chi connectivity index (χ1) is 26.2. The van der Waals surface area contributed by atoms with Crippen LogP contribution >= 0.6 is 46.4 Å². The number of amides is 4. The summed E-state index contributed by atoms with van der Waals surface area (Å²) in [6, 6.07) is 7.15. The molecule has 2 N–H and O–H groups in total. The van der Waals surface area contributed by atoms with Crippen LogP contribution in [-0.4, -0.2) is 116 Å². The molecule has 1 aromatic carbocycles. The van der Waals surface area contributed by atoms with Crippen LogP contribution in [-0.2, 0) is 49.6 Å². The second-order valence-electron chi connectivity index (χ2n) is 11.5. The van der Waals surface area contributed by atoms with Crippen LogP contribution in [0.3, 0.4) is 0 Å². The average molecular weight is 817 g/mol. The molecule has 5 heterocycles. The number of hydrogen-bond acceptors (Lipinski definition) is 18. The molecule has 0 spiro atoms. The van der Waals surface area contributed by atoms with Crippen molar-refractivity contribution in [3.63, 3.8) is 0 Å². The first-order valence-corrected chi connectivity index (χ1v) is 19.9. The van der Waals surface area contributed by atoms with Gasteiger partial charge in [0, 0.05) is 23.4 Å². The Morgan fingerprint density at radius 2 is 1.94 bits per heavy atom. The minimum atomic E-state index is -1.05. The number of carbonyl (C=O) groups excluding carboxylic acids is 6. The van der Waals surface area contributed by atoms with Crippen molar-refractivity contribution in [2.75, 3.05) is 37.3 Å². The van der Waals surface area contributed by atoms with Crippen molar-refractivity contribution >= 4 is 93.5 Å². The maximum atomic E-state index is 13.7. The van der Waals surface area contributed by atoms with E-state index in [2.05, 4.69) is 30.1 Å². The smallest absolute Gasteiger partial charge is 0.410 e. The number of anilines is 1. The first-order valence-electron chi connectivity index (χ1n) is 16.2. The third-order valence-electron chi connectivity index (χ3n) is 8.09. The van der Waals surface area contributed by atoms with Gasteiger partial charge >= 0.3 is 18.0 Å². The van der Waals surface area contributed by atoms with Crippen molar-refractivity contribution < 1.29 is 47.8 Å². The number of ether oxygens (including phenoxy) is 3. The van der Waals surface area contributed by atoms with Crippen molar-refractivity contribution in [1.82, 2.24) is 29.5 Å². The molecule has 0 aliphatic carbocycles. The second kappa shape index (κ2) is 17.8. The molecule has 54 heavy (non-hydrogen) atoms. The van der Waals surface area contributed by atoms with Crippen molar-refractivity contribution in [2.45, 2.75) is 48.2 Å². The molecular weight excluding hydrogens is 785 g/mol. The Bertz CT molecular complexity index is 1970. The van der Waals surface area contributed by atoms with Crippen LogP contribution in [0, 0.1) is 6.92 Å². The maximum absolute atomic E-state index is 13.7. The fourth-order valence-corrected chi connectivity index (χ4v) is 9.40. The van der Waals surface area contributed by atoms with E-state index in [1.54, 1.807) is 6.92 Å². The molecule has 2 aromatic heterocycles. The Balaban J connectivity index is 1.10.